The van der Waals surface area contributed by atoms with Gasteiger partial charge >= 0.3 is 0 Å². The van der Waals surface area contributed by atoms with Gasteiger partial charge in [0.1, 0.15) is 5.82 Å². The molecule has 0 radical (unpaired) electrons. The van der Waals surface area contributed by atoms with Crippen molar-refractivity contribution in [2.75, 3.05) is 18.9 Å². The summed E-state index contributed by atoms with van der Waals surface area (Å²) in [5.41, 5.74) is 0.559. The second kappa shape index (κ2) is 5.85. The van der Waals surface area contributed by atoms with E-state index in [1.54, 1.807) is 13.0 Å². The van der Waals surface area contributed by atoms with Crippen molar-refractivity contribution in [2.24, 2.45) is 5.92 Å². The Bertz CT molecular complexity index is 454. The molecule has 1 aromatic rings. The molecule has 90 valence electrons. The zero-order chi connectivity index (χ0) is 12.8. The summed E-state index contributed by atoms with van der Waals surface area (Å²) in [6, 6.07) is 6.33. The van der Waals surface area contributed by atoms with Gasteiger partial charge in [-0.1, -0.05) is 0 Å². The molecule has 17 heavy (non-hydrogen) atoms. The van der Waals surface area contributed by atoms with E-state index < -0.39 is 11.7 Å². The summed E-state index contributed by atoms with van der Waals surface area (Å²) in [5, 5.41) is 13.9. The van der Waals surface area contributed by atoms with E-state index in [-0.39, 0.29) is 11.5 Å². The molecule has 0 fully saturated rings. The third-order valence-corrected chi connectivity index (χ3v) is 2.27. The molecule has 1 amide bonds. The summed E-state index contributed by atoms with van der Waals surface area (Å²) in [5.74, 6) is -1.20. The molecular weight excluding hydrogens is 221 g/mol. The Balaban J connectivity index is 2.76. The lowest BCUT2D eigenvalue weighted by Gasteiger charge is -2.09. The van der Waals surface area contributed by atoms with Crippen LogP contribution in [-0.2, 0) is 0 Å². The van der Waals surface area contributed by atoms with Gasteiger partial charge in [0.2, 0.25) is 0 Å². The first-order chi connectivity index (χ1) is 8.08. The number of nitriles is 1. The van der Waals surface area contributed by atoms with E-state index in [1.807, 2.05) is 0 Å². The molecule has 0 aromatic heterocycles. The maximum absolute atomic E-state index is 13.5. The third-order valence-electron chi connectivity index (χ3n) is 2.27. The van der Waals surface area contributed by atoms with E-state index in [1.165, 1.54) is 19.2 Å². The van der Waals surface area contributed by atoms with Crippen LogP contribution in [0.5, 0.6) is 0 Å². The van der Waals surface area contributed by atoms with Crippen LogP contribution in [0.1, 0.15) is 17.3 Å². The number of amides is 1. The van der Waals surface area contributed by atoms with Crippen LogP contribution in [0.2, 0.25) is 0 Å². The van der Waals surface area contributed by atoms with Crippen molar-refractivity contribution in [3.05, 3.63) is 29.6 Å². The van der Waals surface area contributed by atoms with Gasteiger partial charge in [0.25, 0.3) is 5.91 Å². The SMILES string of the molecule is CNC(=O)c1ccc(NCC(C)C#N)cc1F. The highest BCUT2D eigenvalue weighted by atomic mass is 19.1. The van der Waals surface area contributed by atoms with Crippen LogP contribution in [-0.4, -0.2) is 19.5 Å². The minimum atomic E-state index is -0.584. The van der Waals surface area contributed by atoms with Crippen molar-refractivity contribution < 1.29 is 9.18 Å². The van der Waals surface area contributed by atoms with E-state index in [9.17, 15) is 9.18 Å². The molecular formula is C12H14FN3O. The number of anilines is 1. The van der Waals surface area contributed by atoms with E-state index in [0.717, 1.165) is 0 Å². The van der Waals surface area contributed by atoms with Gasteiger partial charge in [-0.25, -0.2) is 4.39 Å². The largest absolute Gasteiger partial charge is 0.384 e. The minimum Gasteiger partial charge on any atom is -0.384 e. The molecule has 5 heteroatoms. The molecule has 1 unspecified atom stereocenters. The van der Waals surface area contributed by atoms with Gasteiger partial charge < -0.3 is 10.6 Å². The van der Waals surface area contributed by atoms with Gasteiger partial charge in [0.05, 0.1) is 17.6 Å². The number of halogens is 1. The first kappa shape index (κ1) is 13.0. The van der Waals surface area contributed by atoms with Crippen LogP contribution in [0.4, 0.5) is 10.1 Å². The smallest absolute Gasteiger partial charge is 0.253 e. The standard InChI is InChI=1S/C12H14FN3O/c1-8(6-14)7-16-9-3-4-10(11(13)5-9)12(17)15-2/h3-5,8,16H,7H2,1-2H3,(H,15,17). The van der Waals surface area contributed by atoms with Crippen LogP contribution in [0.15, 0.2) is 18.2 Å². The number of carbonyl (C=O) groups is 1. The van der Waals surface area contributed by atoms with Gasteiger partial charge in [0, 0.05) is 19.3 Å². The zero-order valence-electron chi connectivity index (χ0n) is 9.75. The maximum Gasteiger partial charge on any atom is 0.253 e. The Morgan fingerprint density at radius 1 is 1.59 bits per heavy atom. The number of carbonyl (C=O) groups excluding carboxylic acids is 1. The van der Waals surface area contributed by atoms with Crippen LogP contribution < -0.4 is 10.6 Å². The molecule has 4 nitrogen and oxygen atoms in total. The van der Waals surface area contributed by atoms with Gasteiger partial charge in [-0.2, -0.15) is 5.26 Å². The van der Waals surface area contributed by atoms with Crippen molar-refractivity contribution in [1.82, 2.24) is 5.32 Å². The molecule has 0 saturated carbocycles. The van der Waals surface area contributed by atoms with Crippen LogP contribution in [0, 0.1) is 23.1 Å². The number of hydrogen-bond acceptors (Lipinski definition) is 3. The monoisotopic (exact) mass is 235 g/mol. The van der Waals surface area contributed by atoms with Crippen LogP contribution >= 0.6 is 0 Å². The Kier molecular flexibility index (Phi) is 4.46. The molecule has 0 aliphatic rings. The minimum absolute atomic E-state index is 0.00591. The highest BCUT2D eigenvalue weighted by Gasteiger charge is 2.10. The lowest BCUT2D eigenvalue weighted by atomic mass is 10.1. The number of benzene rings is 1. The highest BCUT2D eigenvalue weighted by Crippen LogP contribution is 2.14. The first-order valence-electron chi connectivity index (χ1n) is 5.23. The van der Waals surface area contributed by atoms with E-state index in [2.05, 4.69) is 16.7 Å². The number of rotatable bonds is 4. The predicted molar refractivity (Wildman–Crippen MR) is 63.1 cm³/mol. The summed E-state index contributed by atoms with van der Waals surface area (Å²) in [7, 11) is 1.45. The Hall–Kier alpha value is -2.09. The van der Waals surface area contributed by atoms with Crippen molar-refractivity contribution in [2.45, 2.75) is 6.92 Å². The lowest BCUT2D eigenvalue weighted by Crippen LogP contribution is -2.19. The molecule has 1 aromatic carbocycles. The van der Waals surface area contributed by atoms with Crippen molar-refractivity contribution in [3.63, 3.8) is 0 Å². The van der Waals surface area contributed by atoms with E-state index >= 15 is 0 Å². The molecule has 0 heterocycles. The van der Waals surface area contributed by atoms with Crippen LogP contribution in [0.3, 0.4) is 0 Å². The molecule has 0 aliphatic heterocycles. The van der Waals surface area contributed by atoms with Crippen molar-refractivity contribution >= 4 is 11.6 Å². The second-order valence-electron chi connectivity index (χ2n) is 3.68. The summed E-state index contributed by atoms with van der Waals surface area (Å²) < 4.78 is 13.5. The molecule has 1 atom stereocenters. The normalized spacial score (nSPS) is 11.4. The quantitative estimate of drug-likeness (QED) is 0.835. The van der Waals surface area contributed by atoms with Gasteiger partial charge in [-0.05, 0) is 25.1 Å². The predicted octanol–water partition coefficient (Wildman–Crippen LogP) is 1.76. The summed E-state index contributed by atoms with van der Waals surface area (Å²) in [4.78, 5) is 11.2. The zero-order valence-corrected chi connectivity index (χ0v) is 9.75. The Labute approximate surface area is 99.4 Å². The second-order valence-corrected chi connectivity index (χ2v) is 3.68. The summed E-state index contributed by atoms with van der Waals surface area (Å²) in [6.07, 6.45) is 0. The Morgan fingerprint density at radius 2 is 2.29 bits per heavy atom. The molecule has 0 aliphatic carbocycles. The first-order valence-corrected chi connectivity index (χ1v) is 5.23. The average Bonchev–Trinajstić information content (AvgIpc) is 2.35. The maximum atomic E-state index is 13.5. The average molecular weight is 235 g/mol. The fraction of sp³-hybridized carbons (Fsp3) is 0.333. The topological polar surface area (TPSA) is 64.9 Å². The summed E-state index contributed by atoms with van der Waals surface area (Å²) >= 11 is 0. The molecule has 0 spiro atoms. The number of nitrogens with one attached hydrogen (secondary N) is 2. The van der Waals surface area contributed by atoms with E-state index in [0.29, 0.717) is 12.2 Å². The Morgan fingerprint density at radius 3 is 2.82 bits per heavy atom. The van der Waals surface area contributed by atoms with Gasteiger partial charge in [-0.3, -0.25) is 4.79 Å². The van der Waals surface area contributed by atoms with Crippen molar-refractivity contribution in [1.29, 1.82) is 5.26 Å². The number of hydrogen-bond donors (Lipinski definition) is 2. The number of nitrogens with zero attached hydrogens (tertiary/aromatic N) is 1. The van der Waals surface area contributed by atoms with Gasteiger partial charge in [-0.15, -0.1) is 0 Å². The molecule has 1 rings (SSSR count). The lowest BCUT2D eigenvalue weighted by molar-refractivity contribution is 0.0959. The highest BCUT2D eigenvalue weighted by molar-refractivity contribution is 5.94. The molecule has 0 saturated heterocycles. The third kappa shape index (κ3) is 3.45. The molecule has 2 N–H and O–H groups in total. The van der Waals surface area contributed by atoms with Gasteiger partial charge in [0.15, 0.2) is 0 Å². The van der Waals surface area contributed by atoms with Crippen LogP contribution in [0.25, 0.3) is 0 Å². The summed E-state index contributed by atoms with van der Waals surface area (Å²) in [6.45, 7) is 2.21. The molecule has 0 bridgehead atoms. The van der Waals surface area contributed by atoms with E-state index in [4.69, 9.17) is 5.26 Å². The fourth-order valence-corrected chi connectivity index (χ4v) is 1.26. The fourth-order valence-electron chi connectivity index (χ4n) is 1.26. The van der Waals surface area contributed by atoms with Crippen molar-refractivity contribution in [3.8, 4) is 6.07 Å².